The minimum absolute atomic E-state index is 0.0255. The summed E-state index contributed by atoms with van der Waals surface area (Å²) in [5, 5.41) is 10.7. The number of hydrogen-bond acceptors (Lipinski definition) is 5. The van der Waals surface area contributed by atoms with E-state index in [1.165, 1.54) is 26.8 Å². The molecule has 0 aliphatic rings. The third-order valence-electron chi connectivity index (χ3n) is 2.13. The van der Waals surface area contributed by atoms with Gasteiger partial charge in [-0.1, -0.05) is 0 Å². The smallest absolute Gasteiger partial charge is 0.308 e. The number of carbonyl (C=O) groups excluding carboxylic acids is 2. The van der Waals surface area contributed by atoms with Gasteiger partial charge < -0.3 is 4.74 Å². The monoisotopic (exact) mass is 237 g/mol. The Morgan fingerprint density at radius 3 is 2.29 bits per heavy atom. The number of esters is 1. The van der Waals surface area contributed by atoms with Crippen molar-refractivity contribution in [3.8, 4) is 5.75 Å². The third kappa shape index (κ3) is 2.87. The Kier molecular flexibility index (Phi) is 3.57. The topological polar surface area (TPSA) is 86.5 Å². The van der Waals surface area contributed by atoms with Crippen molar-refractivity contribution in [3.63, 3.8) is 0 Å². The first kappa shape index (κ1) is 12.8. The summed E-state index contributed by atoms with van der Waals surface area (Å²) < 4.78 is 4.84. The van der Waals surface area contributed by atoms with Gasteiger partial charge in [0, 0.05) is 18.6 Å². The largest absolute Gasteiger partial charge is 0.426 e. The minimum atomic E-state index is -0.584. The first-order valence-corrected chi connectivity index (χ1v) is 4.81. The molecule has 0 saturated carbocycles. The van der Waals surface area contributed by atoms with Gasteiger partial charge in [-0.3, -0.25) is 19.7 Å². The molecule has 0 heterocycles. The first-order chi connectivity index (χ1) is 7.82. The van der Waals surface area contributed by atoms with E-state index < -0.39 is 16.7 Å². The van der Waals surface area contributed by atoms with Crippen LogP contribution < -0.4 is 4.74 Å². The quantitative estimate of drug-likeness (QED) is 0.264. The molecule has 6 nitrogen and oxygen atoms in total. The number of nitrogens with zero attached hydrogens (tertiary/aromatic N) is 1. The minimum Gasteiger partial charge on any atom is -0.426 e. The summed E-state index contributed by atoms with van der Waals surface area (Å²) >= 11 is 0. The zero-order valence-electron chi connectivity index (χ0n) is 9.64. The number of nitro groups is 1. The number of Topliss-reactive ketones (excluding diaryl/α,β-unsaturated/α-hetero) is 1. The van der Waals surface area contributed by atoms with Gasteiger partial charge >= 0.3 is 5.97 Å². The van der Waals surface area contributed by atoms with Crippen molar-refractivity contribution in [2.75, 3.05) is 0 Å². The van der Waals surface area contributed by atoms with Crippen molar-refractivity contribution in [1.82, 2.24) is 0 Å². The second-order valence-corrected chi connectivity index (χ2v) is 3.54. The van der Waals surface area contributed by atoms with Crippen molar-refractivity contribution in [2.24, 2.45) is 0 Å². The van der Waals surface area contributed by atoms with E-state index in [1.807, 2.05) is 0 Å². The lowest BCUT2D eigenvalue weighted by atomic mass is 10.1. The Morgan fingerprint density at radius 1 is 1.29 bits per heavy atom. The lowest BCUT2D eigenvalue weighted by Crippen LogP contribution is -2.07. The highest BCUT2D eigenvalue weighted by atomic mass is 16.6. The molecule has 0 N–H and O–H groups in total. The molecule has 17 heavy (non-hydrogen) atoms. The van der Waals surface area contributed by atoms with Crippen molar-refractivity contribution in [3.05, 3.63) is 33.4 Å². The molecule has 6 heteroatoms. The average molecular weight is 237 g/mol. The maximum absolute atomic E-state index is 11.3. The van der Waals surface area contributed by atoms with Crippen LogP contribution in [0.25, 0.3) is 0 Å². The molecule has 0 aliphatic carbocycles. The van der Waals surface area contributed by atoms with E-state index in [2.05, 4.69) is 0 Å². The zero-order chi connectivity index (χ0) is 13.2. The van der Waals surface area contributed by atoms with Gasteiger partial charge in [-0.25, -0.2) is 0 Å². The number of benzene rings is 1. The van der Waals surface area contributed by atoms with Gasteiger partial charge in [0.2, 0.25) is 0 Å². The zero-order valence-corrected chi connectivity index (χ0v) is 9.64. The van der Waals surface area contributed by atoms with Crippen LogP contribution in [0.2, 0.25) is 0 Å². The summed E-state index contributed by atoms with van der Waals surface area (Å²) in [6.07, 6.45) is 0. The van der Waals surface area contributed by atoms with E-state index in [1.54, 1.807) is 0 Å². The van der Waals surface area contributed by atoms with E-state index in [0.717, 1.165) is 6.07 Å². The molecule has 1 aromatic rings. The summed E-state index contributed by atoms with van der Waals surface area (Å²) in [4.78, 5) is 32.3. The number of carbonyl (C=O) groups is 2. The summed E-state index contributed by atoms with van der Waals surface area (Å²) in [7, 11) is 0. The fourth-order valence-corrected chi connectivity index (χ4v) is 1.38. The van der Waals surface area contributed by atoms with E-state index in [9.17, 15) is 19.7 Å². The Bertz CT molecular complexity index is 507. The van der Waals surface area contributed by atoms with Crippen molar-refractivity contribution in [1.29, 1.82) is 0 Å². The molecule has 0 aliphatic heterocycles. The van der Waals surface area contributed by atoms with Crippen LogP contribution in [0.4, 0.5) is 5.69 Å². The molecule has 0 fully saturated rings. The first-order valence-electron chi connectivity index (χ1n) is 4.81. The normalized spacial score (nSPS) is 9.82. The van der Waals surface area contributed by atoms with Crippen molar-refractivity contribution < 1.29 is 19.2 Å². The highest BCUT2D eigenvalue weighted by Crippen LogP contribution is 2.28. The number of nitro benzene ring substituents is 1. The van der Waals surface area contributed by atoms with Crippen LogP contribution in [0, 0.1) is 17.0 Å². The predicted molar refractivity (Wildman–Crippen MR) is 59.1 cm³/mol. The molecule has 0 amide bonds. The Hall–Kier alpha value is -2.24. The fourth-order valence-electron chi connectivity index (χ4n) is 1.38. The highest BCUT2D eigenvalue weighted by Gasteiger charge is 2.19. The summed E-state index contributed by atoms with van der Waals surface area (Å²) in [5.74, 6) is -0.932. The Labute approximate surface area is 97.3 Å². The van der Waals surface area contributed by atoms with Gasteiger partial charge in [0.1, 0.15) is 5.75 Å². The Morgan fingerprint density at radius 2 is 1.88 bits per heavy atom. The van der Waals surface area contributed by atoms with Crippen LogP contribution in [0.15, 0.2) is 12.1 Å². The SMILES string of the molecule is CC(=O)Oc1cc(C)c([N+](=O)[O-])cc1C(C)=O. The summed E-state index contributed by atoms with van der Waals surface area (Å²) in [5.41, 5.74) is 0.180. The molecule has 0 bridgehead atoms. The fraction of sp³-hybridized carbons (Fsp3) is 0.273. The molecule has 0 spiro atoms. The van der Waals surface area contributed by atoms with Gasteiger partial charge in [-0.05, 0) is 19.9 Å². The van der Waals surface area contributed by atoms with Gasteiger partial charge in [0.25, 0.3) is 5.69 Å². The highest BCUT2D eigenvalue weighted by molar-refractivity contribution is 5.98. The van der Waals surface area contributed by atoms with Crippen LogP contribution in [0.5, 0.6) is 5.75 Å². The molecule has 0 unspecified atom stereocenters. The number of rotatable bonds is 3. The third-order valence-corrected chi connectivity index (χ3v) is 2.13. The number of ketones is 1. The maximum atomic E-state index is 11.3. The molecule has 0 atom stereocenters. The van der Waals surface area contributed by atoms with Crippen LogP contribution in [0.1, 0.15) is 29.8 Å². The van der Waals surface area contributed by atoms with Crippen LogP contribution in [0.3, 0.4) is 0 Å². The lowest BCUT2D eigenvalue weighted by molar-refractivity contribution is -0.385. The summed E-state index contributed by atoms with van der Waals surface area (Å²) in [6.45, 7) is 3.96. The molecule has 90 valence electrons. The van der Waals surface area contributed by atoms with E-state index >= 15 is 0 Å². The number of ether oxygens (including phenoxy) is 1. The lowest BCUT2D eigenvalue weighted by Gasteiger charge is -2.07. The van der Waals surface area contributed by atoms with Gasteiger partial charge in [-0.2, -0.15) is 0 Å². The Balaban J connectivity index is 3.40. The predicted octanol–water partition coefficient (Wildman–Crippen LogP) is 2.03. The summed E-state index contributed by atoms with van der Waals surface area (Å²) in [6, 6.07) is 2.44. The molecular formula is C11H11NO5. The average Bonchev–Trinajstić information content (AvgIpc) is 2.15. The molecule has 1 aromatic carbocycles. The van der Waals surface area contributed by atoms with Gasteiger partial charge in [-0.15, -0.1) is 0 Å². The molecule has 0 aromatic heterocycles. The number of aryl methyl sites for hydroxylation is 1. The van der Waals surface area contributed by atoms with Gasteiger partial charge in [0.05, 0.1) is 10.5 Å². The van der Waals surface area contributed by atoms with E-state index in [0.29, 0.717) is 5.56 Å². The molecule has 0 radical (unpaired) electrons. The van der Waals surface area contributed by atoms with E-state index in [-0.39, 0.29) is 17.0 Å². The second-order valence-electron chi connectivity index (χ2n) is 3.54. The van der Waals surface area contributed by atoms with Crippen molar-refractivity contribution in [2.45, 2.75) is 20.8 Å². The maximum Gasteiger partial charge on any atom is 0.308 e. The van der Waals surface area contributed by atoms with Gasteiger partial charge in [0.15, 0.2) is 5.78 Å². The van der Waals surface area contributed by atoms with Crippen LogP contribution in [-0.2, 0) is 4.79 Å². The standard InChI is InChI=1S/C11H11NO5/c1-6-4-11(17-8(3)14)9(7(2)13)5-10(6)12(15)16/h4-5H,1-3H3. The number of hydrogen-bond donors (Lipinski definition) is 0. The van der Waals surface area contributed by atoms with E-state index in [4.69, 9.17) is 4.74 Å². The molecular weight excluding hydrogens is 226 g/mol. The van der Waals surface area contributed by atoms with Crippen LogP contribution in [-0.4, -0.2) is 16.7 Å². The molecule has 0 saturated heterocycles. The van der Waals surface area contributed by atoms with Crippen molar-refractivity contribution >= 4 is 17.4 Å². The van der Waals surface area contributed by atoms with Crippen LogP contribution >= 0.6 is 0 Å². The molecule has 1 rings (SSSR count). The second kappa shape index (κ2) is 4.73.